The van der Waals surface area contributed by atoms with E-state index in [2.05, 4.69) is 24.1 Å². The zero-order valence-corrected chi connectivity index (χ0v) is 24.8. The molecule has 216 valence electrons. The SMILES string of the molecule is C=CC[C@H](O)[C@H](O)[C@H](CC1CCCCC1)NC[C@H](C)CNC(=O)C(Cc1ccccc1)CS(=O)C(C)(C)C. The van der Waals surface area contributed by atoms with E-state index < -0.39 is 23.0 Å². The maximum Gasteiger partial charge on any atom is 0.224 e. The molecule has 1 aromatic rings. The van der Waals surface area contributed by atoms with Crippen molar-refractivity contribution >= 4 is 16.7 Å². The first kappa shape index (κ1) is 32.7. The Hall–Kier alpha value is -1.54. The molecule has 0 aliphatic heterocycles. The van der Waals surface area contributed by atoms with Crippen molar-refractivity contribution < 1.29 is 19.2 Å². The second kappa shape index (κ2) is 16.5. The van der Waals surface area contributed by atoms with E-state index in [-0.39, 0.29) is 28.5 Å². The summed E-state index contributed by atoms with van der Waals surface area (Å²) in [4.78, 5) is 13.2. The normalized spacial score (nSPS) is 19.6. The minimum absolute atomic E-state index is 0.0708. The summed E-state index contributed by atoms with van der Waals surface area (Å²) in [6, 6.07) is 9.68. The second-order valence-corrected chi connectivity index (χ2v) is 14.4. The standard InChI is InChI=1S/C31H52N2O4S/c1-6-13-28(34)29(35)27(19-25-16-11-8-12-17-25)32-20-23(2)21-33-30(36)26(22-38(37)31(3,4)5)18-24-14-9-7-10-15-24/h6-7,9-10,14-15,23,25-29,32,34-35H,1,8,11-13,16-22H2,2-5H3,(H,33,36)/t23-,26?,27-,28-,29+,38?/m0/s1. The molecule has 2 unspecified atom stereocenters. The van der Waals surface area contributed by atoms with Gasteiger partial charge in [0.05, 0.1) is 18.1 Å². The Bertz CT molecular complexity index is 851. The molecule has 7 heteroatoms. The molecule has 1 fully saturated rings. The third kappa shape index (κ3) is 11.7. The van der Waals surface area contributed by atoms with Gasteiger partial charge in [0, 0.05) is 33.9 Å². The van der Waals surface area contributed by atoms with Crippen molar-refractivity contribution in [2.24, 2.45) is 17.8 Å². The van der Waals surface area contributed by atoms with Crippen LogP contribution in [-0.2, 0) is 22.0 Å². The molecule has 4 N–H and O–H groups in total. The van der Waals surface area contributed by atoms with Crippen LogP contribution in [0, 0.1) is 17.8 Å². The zero-order chi connectivity index (χ0) is 28.1. The van der Waals surface area contributed by atoms with Crippen LogP contribution in [0.25, 0.3) is 0 Å². The van der Waals surface area contributed by atoms with Crippen LogP contribution < -0.4 is 10.6 Å². The van der Waals surface area contributed by atoms with Gasteiger partial charge in [-0.15, -0.1) is 6.58 Å². The first-order valence-electron chi connectivity index (χ1n) is 14.4. The third-order valence-electron chi connectivity index (χ3n) is 7.61. The highest BCUT2D eigenvalue weighted by molar-refractivity contribution is 7.86. The van der Waals surface area contributed by atoms with Gasteiger partial charge in [0.1, 0.15) is 0 Å². The van der Waals surface area contributed by atoms with E-state index in [1.807, 2.05) is 51.1 Å². The lowest BCUT2D eigenvalue weighted by atomic mass is 9.82. The summed E-state index contributed by atoms with van der Waals surface area (Å²) in [6.45, 7) is 12.7. The van der Waals surface area contributed by atoms with Crippen LogP contribution >= 0.6 is 0 Å². The van der Waals surface area contributed by atoms with Crippen LogP contribution in [0.5, 0.6) is 0 Å². The fraction of sp³-hybridized carbons (Fsp3) is 0.710. The summed E-state index contributed by atoms with van der Waals surface area (Å²) in [5, 5.41) is 27.9. The van der Waals surface area contributed by atoms with Gasteiger partial charge in [-0.05, 0) is 64.0 Å². The van der Waals surface area contributed by atoms with E-state index >= 15 is 0 Å². The monoisotopic (exact) mass is 548 g/mol. The topological polar surface area (TPSA) is 98.7 Å². The smallest absolute Gasteiger partial charge is 0.224 e. The van der Waals surface area contributed by atoms with Crippen molar-refractivity contribution in [1.82, 2.24) is 10.6 Å². The van der Waals surface area contributed by atoms with E-state index in [1.54, 1.807) is 6.08 Å². The summed E-state index contributed by atoms with van der Waals surface area (Å²) in [5.41, 5.74) is 1.06. The van der Waals surface area contributed by atoms with Crippen LogP contribution in [0.2, 0.25) is 0 Å². The highest BCUT2D eigenvalue weighted by atomic mass is 32.2. The van der Waals surface area contributed by atoms with E-state index in [0.717, 1.165) is 12.0 Å². The molecule has 0 radical (unpaired) electrons. The predicted molar refractivity (Wildman–Crippen MR) is 158 cm³/mol. The lowest BCUT2D eigenvalue weighted by molar-refractivity contribution is -0.124. The number of rotatable bonds is 16. The Morgan fingerprint density at radius 1 is 1.13 bits per heavy atom. The molecule has 0 heterocycles. The number of aliphatic hydroxyl groups excluding tert-OH is 2. The minimum Gasteiger partial charge on any atom is -0.390 e. The molecule has 6 atom stereocenters. The number of nitrogens with one attached hydrogen (secondary N) is 2. The van der Waals surface area contributed by atoms with Gasteiger partial charge in [-0.1, -0.05) is 75.4 Å². The Labute approximate surface area is 233 Å². The molecular formula is C31H52N2O4S. The van der Waals surface area contributed by atoms with Crippen LogP contribution in [0.3, 0.4) is 0 Å². The average Bonchev–Trinajstić information content (AvgIpc) is 2.89. The van der Waals surface area contributed by atoms with E-state index in [0.29, 0.717) is 37.6 Å². The lowest BCUT2D eigenvalue weighted by Gasteiger charge is -2.33. The molecule has 1 aliphatic rings. The molecule has 1 aromatic carbocycles. The molecular weight excluding hydrogens is 496 g/mol. The molecule has 1 saturated carbocycles. The maximum absolute atomic E-state index is 13.2. The Morgan fingerprint density at radius 3 is 2.39 bits per heavy atom. The van der Waals surface area contributed by atoms with Gasteiger partial charge in [0.15, 0.2) is 0 Å². The second-order valence-electron chi connectivity index (χ2n) is 12.2. The fourth-order valence-electron chi connectivity index (χ4n) is 5.11. The maximum atomic E-state index is 13.2. The number of carbonyl (C=O) groups excluding carboxylic acids is 1. The summed E-state index contributed by atoms with van der Waals surface area (Å²) in [6.07, 6.45) is 7.78. The average molecular weight is 549 g/mol. The number of amides is 1. The lowest BCUT2D eigenvalue weighted by Crippen LogP contribution is -2.49. The first-order valence-corrected chi connectivity index (χ1v) is 15.7. The summed E-state index contributed by atoms with van der Waals surface area (Å²) >= 11 is 0. The Morgan fingerprint density at radius 2 is 1.79 bits per heavy atom. The van der Waals surface area contributed by atoms with E-state index in [9.17, 15) is 19.2 Å². The molecule has 1 aliphatic carbocycles. The van der Waals surface area contributed by atoms with Crippen LogP contribution in [0.4, 0.5) is 0 Å². The van der Waals surface area contributed by atoms with Gasteiger partial charge in [-0.2, -0.15) is 0 Å². The molecule has 0 aromatic heterocycles. The van der Waals surface area contributed by atoms with Crippen molar-refractivity contribution in [3.05, 3.63) is 48.6 Å². The number of aliphatic hydroxyl groups is 2. The van der Waals surface area contributed by atoms with Crippen molar-refractivity contribution in [3.8, 4) is 0 Å². The Kier molecular flexibility index (Phi) is 14.2. The summed E-state index contributed by atoms with van der Waals surface area (Å²) in [7, 11) is -1.13. The Balaban J connectivity index is 1.95. The zero-order valence-electron chi connectivity index (χ0n) is 24.0. The largest absolute Gasteiger partial charge is 0.390 e. The molecule has 0 bridgehead atoms. The molecule has 0 saturated heterocycles. The summed E-state index contributed by atoms with van der Waals surface area (Å²) in [5.74, 6) is 0.575. The van der Waals surface area contributed by atoms with Crippen LogP contribution in [-0.4, -0.2) is 62.2 Å². The van der Waals surface area contributed by atoms with Gasteiger partial charge in [-0.3, -0.25) is 9.00 Å². The number of carbonyl (C=O) groups is 1. The number of benzene rings is 1. The van der Waals surface area contributed by atoms with Gasteiger partial charge >= 0.3 is 0 Å². The van der Waals surface area contributed by atoms with Crippen molar-refractivity contribution in [2.75, 3.05) is 18.8 Å². The van der Waals surface area contributed by atoms with Gasteiger partial charge in [0.2, 0.25) is 5.91 Å². The van der Waals surface area contributed by atoms with Gasteiger partial charge < -0.3 is 20.8 Å². The van der Waals surface area contributed by atoms with Gasteiger partial charge in [-0.25, -0.2) is 0 Å². The quantitative estimate of drug-likeness (QED) is 0.230. The van der Waals surface area contributed by atoms with Crippen molar-refractivity contribution in [1.29, 1.82) is 0 Å². The molecule has 38 heavy (non-hydrogen) atoms. The number of hydrogen-bond donors (Lipinski definition) is 4. The fourth-order valence-corrected chi connectivity index (χ4v) is 6.24. The first-order chi connectivity index (χ1) is 18.0. The van der Waals surface area contributed by atoms with Crippen molar-refractivity contribution in [3.63, 3.8) is 0 Å². The van der Waals surface area contributed by atoms with E-state index in [4.69, 9.17) is 0 Å². The van der Waals surface area contributed by atoms with E-state index in [1.165, 1.54) is 32.1 Å². The minimum atomic E-state index is -1.13. The van der Waals surface area contributed by atoms with Crippen LogP contribution in [0.1, 0.15) is 78.2 Å². The molecule has 6 nitrogen and oxygen atoms in total. The van der Waals surface area contributed by atoms with Gasteiger partial charge in [0.25, 0.3) is 0 Å². The van der Waals surface area contributed by atoms with Crippen molar-refractivity contribution in [2.45, 2.75) is 102 Å². The molecule has 0 spiro atoms. The van der Waals surface area contributed by atoms with Crippen LogP contribution in [0.15, 0.2) is 43.0 Å². The molecule has 1 amide bonds. The third-order valence-corrected chi connectivity index (χ3v) is 9.68. The summed E-state index contributed by atoms with van der Waals surface area (Å²) < 4.78 is 12.5. The molecule has 2 rings (SSSR count). The number of hydrogen-bond acceptors (Lipinski definition) is 5. The highest BCUT2D eigenvalue weighted by Gasteiger charge is 2.30. The highest BCUT2D eigenvalue weighted by Crippen LogP contribution is 2.28. The predicted octanol–water partition coefficient (Wildman–Crippen LogP) is 4.37.